The maximum atomic E-state index is 14.0. The van der Waals surface area contributed by atoms with Crippen molar-refractivity contribution in [2.24, 2.45) is 11.8 Å². The summed E-state index contributed by atoms with van der Waals surface area (Å²) >= 11 is 0. The molecule has 9 heteroatoms. The van der Waals surface area contributed by atoms with E-state index < -0.39 is 29.8 Å². The molecule has 0 radical (unpaired) electrons. The van der Waals surface area contributed by atoms with Crippen LogP contribution in [-0.4, -0.2) is 42.6 Å². The lowest BCUT2D eigenvalue weighted by Crippen LogP contribution is -2.46. The summed E-state index contributed by atoms with van der Waals surface area (Å²) < 4.78 is 16.1. The van der Waals surface area contributed by atoms with Crippen LogP contribution in [0.3, 0.4) is 0 Å². The number of fused-ring (bicyclic) bond motifs is 6. The van der Waals surface area contributed by atoms with Crippen LogP contribution in [0, 0.1) is 11.8 Å². The van der Waals surface area contributed by atoms with Gasteiger partial charge >= 0.3 is 0 Å². The van der Waals surface area contributed by atoms with E-state index in [1.165, 1.54) is 4.90 Å². The van der Waals surface area contributed by atoms with Gasteiger partial charge in [0, 0.05) is 18.0 Å². The van der Waals surface area contributed by atoms with Crippen LogP contribution in [0.2, 0.25) is 0 Å². The third-order valence-corrected chi connectivity index (χ3v) is 7.70. The number of methoxy groups -OCH3 is 1. The number of rotatable bonds is 4. The molecule has 4 aliphatic heterocycles. The highest BCUT2D eigenvalue weighted by Gasteiger charge is 2.64. The smallest absolute Gasteiger partial charge is 0.247 e. The van der Waals surface area contributed by atoms with Gasteiger partial charge in [-0.1, -0.05) is 24.3 Å². The zero-order valence-corrected chi connectivity index (χ0v) is 20.4. The lowest BCUT2D eigenvalue weighted by Gasteiger charge is -2.35. The molecule has 0 aliphatic carbocycles. The van der Waals surface area contributed by atoms with E-state index in [0.29, 0.717) is 28.6 Å². The number of benzene rings is 3. The summed E-state index contributed by atoms with van der Waals surface area (Å²) in [6.07, 6.45) is 3.75. The molecule has 0 saturated carbocycles. The molecule has 3 aromatic carbocycles. The van der Waals surface area contributed by atoms with Gasteiger partial charge in [-0.3, -0.25) is 14.4 Å². The highest BCUT2D eigenvalue weighted by molar-refractivity contribution is 6.24. The zero-order chi connectivity index (χ0) is 26.0. The van der Waals surface area contributed by atoms with Crippen LogP contribution >= 0.6 is 0 Å². The van der Waals surface area contributed by atoms with Gasteiger partial charge in [-0.25, -0.2) is 4.90 Å². The first-order valence-corrected chi connectivity index (χ1v) is 12.3. The molecule has 0 aromatic heterocycles. The van der Waals surface area contributed by atoms with Crippen LogP contribution in [-0.2, 0) is 14.4 Å². The van der Waals surface area contributed by atoms with Gasteiger partial charge in [-0.2, -0.15) is 0 Å². The molecule has 0 bridgehead atoms. The van der Waals surface area contributed by atoms with Gasteiger partial charge < -0.3 is 24.4 Å². The van der Waals surface area contributed by atoms with E-state index in [0.717, 1.165) is 11.1 Å². The van der Waals surface area contributed by atoms with Gasteiger partial charge in [0.05, 0.1) is 30.7 Å². The van der Waals surface area contributed by atoms with Crippen LogP contribution in [0.4, 0.5) is 11.4 Å². The number of nitrogens with zero attached hydrogens (tertiary/aromatic N) is 2. The predicted octanol–water partition coefficient (Wildman–Crippen LogP) is 3.58. The first-order valence-electron chi connectivity index (χ1n) is 12.3. The second kappa shape index (κ2) is 8.37. The number of carbonyl (C=O) groups is 3. The van der Waals surface area contributed by atoms with Crippen LogP contribution in [0.1, 0.15) is 17.2 Å². The minimum atomic E-state index is -0.882. The van der Waals surface area contributed by atoms with E-state index in [1.807, 2.05) is 41.4 Å². The molecule has 2 saturated heterocycles. The number of hydrogen-bond donors (Lipinski definition) is 1. The summed E-state index contributed by atoms with van der Waals surface area (Å²) in [6, 6.07) is 18.4. The van der Waals surface area contributed by atoms with Gasteiger partial charge in [0.2, 0.25) is 24.5 Å². The number of nitrogens with one attached hydrogen (secondary N) is 1. The number of anilines is 2. The van der Waals surface area contributed by atoms with E-state index >= 15 is 0 Å². The summed E-state index contributed by atoms with van der Waals surface area (Å²) in [4.78, 5) is 44.8. The van der Waals surface area contributed by atoms with Crippen molar-refractivity contribution in [3.63, 3.8) is 0 Å². The monoisotopic (exact) mass is 509 g/mol. The van der Waals surface area contributed by atoms with Gasteiger partial charge in [0.15, 0.2) is 11.5 Å². The molecule has 4 unspecified atom stereocenters. The minimum absolute atomic E-state index is 0.0830. The molecule has 4 aliphatic rings. The Kier molecular flexibility index (Phi) is 4.94. The third kappa shape index (κ3) is 3.21. The summed E-state index contributed by atoms with van der Waals surface area (Å²) in [7, 11) is 1.57. The zero-order valence-electron chi connectivity index (χ0n) is 20.4. The molecule has 7 rings (SSSR count). The van der Waals surface area contributed by atoms with Gasteiger partial charge in [-0.05, 0) is 53.6 Å². The first kappa shape index (κ1) is 22.4. The van der Waals surface area contributed by atoms with E-state index in [9.17, 15) is 14.4 Å². The molecule has 1 N–H and O–H groups in total. The lowest BCUT2D eigenvalue weighted by molar-refractivity contribution is -0.128. The average Bonchev–Trinajstić information content (AvgIpc) is 3.62. The molecule has 2 fully saturated rings. The van der Waals surface area contributed by atoms with E-state index in [-0.39, 0.29) is 18.6 Å². The Morgan fingerprint density at radius 3 is 2.53 bits per heavy atom. The van der Waals surface area contributed by atoms with Crippen LogP contribution in [0.25, 0.3) is 6.08 Å². The Morgan fingerprint density at radius 2 is 1.71 bits per heavy atom. The summed E-state index contributed by atoms with van der Waals surface area (Å²) in [5.41, 5.74) is 2.85. The Balaban J connectivity index is 1.29. The standard InChI is InChI=1S/C29H23N3O6/c1-36-19-9-6-17(7-10-19)30-27(33)26-24-23(25-20-5-3-2-4-16(20)12-13-31(25)26)28(34)32(29(24)35)18-8-11-21-22(14-18)38-15-37-21/h2-14,23-26H,15H2,1H3,(H,30,33). The van der Waals surface area contributed by atoms with Crippen molar-refractivity contribution in [3.05, 3.63) is 84.1 Å². The minimum Gasteiger partial charge on any atom is -0.497 e. The molecular formula is C29H23N3O6. The van der Waals surface area contributed by atoms with Crippen molar-refractivity contribution < 1.29 is 28.6 Å². The molecule has 9 nitrogen and oxygen atoms in total. The Morgan fingerprint density at radius 1 is 0.947 bits per heavy atom. The van der Waals surface area contributed by atoms with Gasteiger partial charge in [-0.15, -0.1) is 0 Å². The fourth-order valence-corrected chi connectivity index (χ4v) is 6.03. The van der Waals surface area contributed by atoms with E-state index in [2.05, 4.69) is 5.32 Å². The highest BCUT2D eigenvalue weighted by atomic mass is 16.7. The molecule has 38 heavy (non-hydrogen) atoms. The molecule has 0 spiro atoms. The topological polar surface area (TPSA) is 97.4 Å². The number of imide groups is 1. The third-order valence-electron chi connectivity index (χ3n) is 7.70. The normalized spacial score (nSPS) is 24.2. The molecule has 190 valence electrons. The second-order valence-electron chi connectivity index (χ2n) is 9.60. The largest absolute Gasteiger partial charge is 0.497 e. The first-order chi connectivity index (χ1) is 18.5. The molecule has 4 atom stereocenters. The summed E-state index contributed by atoms with van der Waals surface area (Å²) in [5, 5.41) is 2.94. The number of amides is 3. The quantitative estimate of drug-likeness (QED) is 0.537. The van der Waals surface area contributed by atoms with Crippen molar-refractivity contribution in [2.75, 3.05) is 24.1 Å². The Hall–Kier alpha value is -4.79. The summed E-state index contributed by atoms with van der Waals surface area (Å²) in [6.45, 7) is 0.0830. The van der Waals surface area contributed by atoms with Crippen molar-refractivity contribution >= 4 is 35.2 Å². The van der Waals surface area contributed by atoms with Crippen LogP contribution < -0.4 is 24.4 Å². The van der Waals surface area contributed by atoms with Crippen molar-refractivity contribution in [1.29, 1.82) is 0 Å². The molecule has 4 heterocycles. The van der Waals surface area contributed by atoms with Crippen molar-refractivity contribution in [3.8, 4) is 17.2 Å². The fraction of sp³-hybridized carbons (Fsp3) is 0.207. The lowest BCUT2D eigenvalue weighted by atomic mass is 9.84. The van der Waals surface area contributed by atoms with Crippen molar-refractivity contribution in [2.45, 2.75) is 12.1 Å². The average molecular weight is 510 g/mol. The highest BCUT2D eigenvalue weighted by Crippen LogP contribution is 2.53. The predicted molar refractivity (Wildman–Crippen MR) is 138 cm³/mol. The van der Waals surface area contributed by atoms with Gasteiger partial charge in [0.1, 0.15) is 11.8 Å². The molecule has 3 aromatic rings. The Labute approximate surface area is 218 Å². The fourth-order valence-electron chi connectivity index (χ4n) is 6.03. The number of hydrogen-bond acceptors (Lipinski definition) is 7. The van der Waals surface area contributed by atoms with E-state index in [1.54, 1.807) is 49.6 Å². The van der Waals surface area contributed by atoms with Crippen LogP contribution in [0.5, 0.6) is 17.2 Å². The molecular weight excluding hydrogens is 486 g/mol. The van der Waals surface area contributed by atoms with Crippen molar-refractivity contribution in [1.82, 2.24) is 4.90 Å². The number of ether oxygens (including phenoxy) is 3. The van der Waals surface area contributed by atoms with E-state index in [4.69, 9.17) is 14.2 Å². The maximum Gasteiger partial charge on any atom is 0.247 e. The SMILES string of the molecule is COc1ccc(NC(=O)C2C3C(=O)N(c4ccc5c(c4)OCO5)C(=O)C3C3c4ccccc4C=CN23)cc1. The number of carbonyl (C=O) groups excluding carboxylic acids is 3. The van der Waals surface area contributed by atoms with Crippen LogP contribution in [0.15, 0.2) is 72.9 Å². The second-order valence-corrected chi connectivity index (χ2v) is 9.60. The Bertz CT molecular complexity index is 1520. The van der Waals surface area contributed by atoms with Gasteiger partial charge in [0.25, 0.3) is 0 Å². The maximum absolute atomic E-state index is 14.0. The summed E-state index contributed by atoms with van der Waals surface area (Å²) in [5.74, 6) is -1.00. The molecule has 3 amide bonds.